The van der Waals surface area contributed by atoms with Crippen LogP contribution in [0, 0.1) is 0 Å². The molecule has 30 heavy (non-hydrogen) atoms. The molecule has 0 aliphatic carbocycles. The highest BCUT2D eigenvalue weighted by Crippen LogP contribution is 2.30. The van der Waals surface area contributed by atoms with Gasteiger partial charge in [0.25, 0.3) is 5.89 Å². The van der Waals surface area contributed by atoms with Gasteiger partial charge in [-0.1, -0.05) is 47.6 Å². The molecule has 0 spiro atoms. The van der Waals surface area contributed by atoms with E-state index < -0.39 is 6.10 Å². The molecule has 1 aliphatic heterocycles. The van der Waals surface area contributed by atoms with Crippen LogP contribution in [0.15, 0.2) is 88.7 Å². The number of pyridine rings is 1. The number of hydrogen-bond acceptors (Lipinski definition) is 7. The molecule has 7 heteroatoms. The van der Waals surface area contributed by atoms with Crippen molar-refractivity contribution < 1.29 is 14.0 Å². The lowest BCUT2D eigenvalue weighted by atomic mass is 10.0. The van der Waals surface area contributed by atoms with E-state index >= 15 is 0 Å². The highest BCUT2D eigenvalue weighted by atomic mass is 16.6. The number of ketones is 1. The first-order valence-electron chi connectivity index (χ1n) is 9.44. The number of nitrogens with zero attached hydrogens (tertiary/aromatic N) is 4. The fourth-order valence-corrected chi connectivity index (χ4v) is 3.22. The number of rotatable bonds is 5. The molecule has 2 aromatic carbocycles. The van der Waals surface area contributed by atoms with Gasteiger partial charge in [-0.3, -0.25) is 9.78 Å². The number of aromatic nitrogens is 3. The van der Waals surface area contributed by atoms with Gasteiger partial charge < -0.3 is 9.25 Å². The van der Waals surface area contributed by atoms with Crippen LogP contribution in [-0.2, 0) is 4.84 Å². The maximum atomic E-state index is 12.5. The lowest BCUT2D eigenvalue weighted by Gasteiger charge is -2.03. The van der Waals surface area contributed by atoms with Crippen LogP contribution in [0.25, 0.3) is 11.5 Å². The van der Waals surface area contributed by atoms with Crippen LogP contribution in [0.3, 0.4) is 0 Å². The molecule has 0 fully saturated rings. The predicted octanol–water partition coefficient (Wildman–Crippen LogP) is 4.23. The van der Waals surface area contributed by atoms with Crippen molar-refractivity contribution in [1.29, 1.82) is 0 Å². The summed E-state index contributed by atoms with van der Waals surface area (Å²) in [5, 5.41) is 12.3. The van der Waals surface area contributed by atoms with Crippen LogP contribution in [0.4, 0.5) is 0 Å². The Kier molecular flexibility index (Phi) is 4.61. The Labute approximate surface area is 172 Å². The van der Waals surface area contributed by atoms with Crippen LogP contribution in [0.2, 0.25) is 0 Å². The molecule has 5 rings (SSSR count). The molecule has 0 amide bonds. The molecule has 7 nitrogen and oxygen atoms in total. The van der Waals surface area contributed by atoms with E-state index in [1.807, 2.05) is 30.3 Å². The van der Waals surface area contributed by atoms with Crippen molar-refractivity contribution in [2.45, 2.75) is 12.5 Å². The Hall–Kier alpha value is -4.13. The van der Waals surface area contributed by atoms with Crippen molar-refractivity contribution in [3.8, 4) is 11.5 Å². The highest BCUT2D eigenvalue weighted by molar-refractivity contribution is 6.09. The van der Waals surface area contributed by atoms with Crippen LogP contribution >= 0.6 is 0 Å². The molecule has 1 atom stereocenters. The topological polar surface area (TPSA) is 90.5 Å². The molecule has 146 valence electrons. The van der Waals surface area contributed by atoms with Crippen LogP contribution in [0.1, 0.15) is 39.9 Å². The van der Waals surface area contributed by atoms with Gasteiger partial charge in [0.05, 0.1) is 5.71 Å². The minimum absolute atomic E-state index is 0.0344. The molecule has 0 N–H and O–H groups in total. The second kappa shape index (κ2) is 7.71. The van der Waals surface area contributed by atoms with E-state index in [0.717, 1.165) is 16.8 Å². The Balaban J connectivity index is 1.30. The summed E-state index contributed by atoms with van der Waals surface area (Å²) in [6.07, 6.45) is 3.54. The van der Waals surface area contributed by atoms with E-state index in [1.165, 1.54) is 0 Å². The van der Waals surface area contributed by atoms with Gasteiger partial charge in [-0.2, -0.15) is 0 Å². The van der Waals surface area contributed by atoms with Gasteiger partial charge in [-0.15, -0.1) is 10.2 Å². The van der Waals surface area contributed by atoms with Gasteiger partial charge in [0.15, 0.2) is 5.78 Å². The van der Waals surface area contributed by atoms with E-state index in [0.29, 0.717) is 29.3 Å². The molecule has 0 saturated heterocycles. The number of benzene rings is 2. The summed E-state index contributed by atoms with van der Waals surface area (Å²) in [7, 11) is 0. The third-order valence-corrected chi connectivity index (χ3v) is 4.81. The zero-order valence-electron chi connectivity index (χ0n) is 15.8. The molecule has 0 bridgehead atoms. The number of oxime groups is 1. The Morgan fingerprint density at radius 2 is 1.67 bits per heavy atom. The first kappa shape index (κ1) is 17.9. The lowest BCUT2D eigenvalue weighted by Crippen LogP contribution is -2.02. The highest BCUT2D eigenvalue weighted by Gasteiger charge is 2.29. The molecule has 2 aromatic heterocycles. The lowest BCUT2D eigenvalue weighted by molar-refractivity contribution is 0.0651. The largest absolute Gasteiger partial charge is 0.417 e. The third kappa shape index (κ3) is 3.48. The normalized spacial score (nSPS) is 15.5. The number of hydrogen-bond donors (Lipinski definition) is 0. The first-order valence-corrected chi connectivity index (χ1v) is 9.44. The monoisotopic (exact) mass is 396 g/mol. The third-order valence-electron chi connectivity index (χ3n) is 4.81. The number of carbonyl (C=O) groups excluding carboxylic acids is 1. The zero-order chi connectivity index (χ0) is 20.3. The fourth-order valence-electron chi connectivity index (χ4n) is 3.22. The van der Waals surface area contributed by atoms with E-state index in [1.54, 1.807) is 48.8 Å². The summed E-state index contributed by atoms with van der Waals surface area (Å²) in [5.41, 5.74) is 3.66. The Morgan fingerprint density at radius 3 is 2.43 bits per heavy atom. The average molecular weight is 396 g/mol. The van der Waals surface area contributed by atoms with Crippen LogP contribution in [-0.4, -0.2) is 26.7 Å². The number of carbonyl (C=O) groups is 1. The van der Waals surface area contributed by atoms with Crippen LogP contribution < -0.4 is 0 Å². The van der Waals surface area contributed by atoms with Crippen molar-refractivity contribution >= 4 is 11.5 Å². The van der Waals surface area contributed by atoms with E-state index in [2.05, 4.69) is 20.3 Å². The van der Waals surface area contributed by atoms with Crippen molar-refractivity contribution in [2.75, 3.05) is 0 Å². The minimum atomic E-state index is -0.430. The smallest absolute Gasteiger partial charge is 0.260 e. The fraction of sp³-hybridized carbons (Fsp3) is 0.0870. The Morgan fingerprint density at radius 1 is 0.867 bits per heavy atom. The quantitative estimate of drug-likeness (QED) is 0.469. The summed E-state index contributed by atoms with van der Waals surface area (Å²) < 4.78 is 5.80. The second-order valence-electron chi connectivity index (χ2n) is 6.80. The Bertz CT molecular complexity index is 1200. The molecule has 1 aliphatic rings. The molecule has 0 radical (unpaired) electrons. The van der Waals surface area contributed by atoms with E-state index in [-0.39, 0.29) is 5.78 Å². The maximum Gasteiger partial charge on any atom is 0.260 e. The molecule has 4 aromatic rings. The SMILES string of the molecule is O=C(c1ccccc1)c1ccc(-c2nnc(C3CC(c4cccnc4)=NO3)o2)cc1. The molecule has 3 heterocycles. The molecule has 0 saturated carbocycles. The minimum Gasteiger partial charge on any atom is -0.417 e. The van der Waals surface area contributed by atoms with Gasteiger partial charge in [0.2, 0.25) is 12.0 Å². The van der Waals surface area contributed by atoms with Gasteiger partial charge >= 0.3 is 0 Å². The summed E-state index contributed by atoms with van der Waals surface area (Å²) in [6, 6.07) is 20.0. The van der Waals surface area contributed by atoms with Gasteiger partial charge in [-0.05, 0) is 24.3 Å². The summed E-state index contributed by atoms with van der Waals surface area (Å²) in [4.78, 5) is 22.1. The van der Waals surface area contributed by atoms with Crippen molar-refractivity contribution in [3.05, 3.63) is 102 Å². The summed E-state index contributed by atoms with van der Waals surface area (Å²) >= 11 is 0. The average Bonchev–Trinajstić information content (AvgIpc) is 3.50. The summed E-state index contributed by atoms with van der Waals surface area (Å²) in [5.74, 6) is 0.687. The van der Waals surface area contributed by atoms with Crippen LogP contribution in [0.5, 0.6) is 0 Å². The first-order chi connectivity index (χ1) is 14.8. The van der Waals surface area contributed by atoms with E-state index in [4.69, 9.17) is 9.25 Å². The molecule has 1 unspecified atom stereocenters. The van der Waals surface area contributed by atoms with Crippen molar-refractivity contribution in [3.63, 3.8) is 0 Å². The second-order valence-corrected chi connectivity index (χ2v) is 6.80. The zero-order valence-corrected chi connectivity index (χ0v) is 15.8. The van der Waals surface area contributed by atoms with Crippen molar-refractivity contribution in [2.24, 2.45) is 5.16 Å². The van der Waals surface area contributed by atoms with E-state index in [9.17, 15) is 4.79 Å². The predicted molar refractivity (Wildman–Crippen MR) is 109 cm³/mol. The van der Waals surface area contributed by atoms with Crippen molar-refractivity contribution in [1.82, 2.24) is 15.2 Å². The summed E-state index contributed by atoms with van der Waals surface area (Å²) in [6.45, 7) is 0. The molecular weight excluding hydrogens is 380 g/mol. The van der Waals surface area contributed by atoms with Gasteiger partial charge in [0, 0.05) is 41.1 Å². The van der Waals surface area contributed by atoms with Gasteiger partial charge in [0.1, 0.15) is 0 Å². The standard InChI is InChI=1S/C23H16N4O3/c28-21(15-5-2-1-3-6-15)16-8-10-17(11-9-16)22-25-26-23(29-22)20-13-19(27-30-20)18-7-4-12-24-14-18/h1-12,14,20H,13H2. The molecular formula is C23H16N4O3. The van der Waals surface area contributed by atoms with Gasteiger partial charge in [-0.25, -0.2) is 0 Å². The maximum absolute atomic E-state index is 12.5.